The van der Waals surface area contributed by atoms with Crippen LogP contribution in [0.1, 0.15) is 36.6 Å². The number of fused-ring (bicyclic) bond motifs is 1. The molecule has 1 aliphatic heterocycles. The average Bonchev–Trinajstić information content (AvgIpc) is 3.21. The Morgan fingerprint density at radius 3 is 2.71 bits per heavy atom. The topological polar surface area (TPSA) is 114 Å². The molecule has 0 fully saturated rings. The van der Waals surface area contributed by atoms with Crippen molar-refractivity contribution < 1.29 is 18.4 Å². The van der Waals surface area contributed by atoms with Crippen molar-refractivity contribution in [2.75, 3.05) is 10.6 Å². The van der Waals surface area contributed by atoms with Crippen molar-refractivity contribution >= 4 is 23.4 Å². The van der Waals surface area contributed by atoms with Crippen LogP contribution < -0.4 is 21.7 Å². The van der Waals surface area contributed by atoms with Crippen LogP contribution in [0.5, 0.6) is 0 Å². The molecule has 1 atom stereocenters. The van der Waals surface area contributed by atoms with Crippen LogP contribution in [0.4, 0.5) is 25.1 Å². The molecule has 5 N–H and O–H groups in total. The van der Waals surface area contributed by atoms with Crippen LogP contribution in [0.2, 0.25) is 0 Å². The molecule has 3 amide bonds. The van der Waals surface area contributed by atoms with Crippen molar-refractivity contribution in [3.05, 3.63) is 70.9 Å². The van der Waals surface area contributed by atoms with Crippen LogP contribution in [0.25, 0.3) is 5.69 Å². The fourth-order valence-corrected chi connectivity index (χ4v) is 3.89. The lowest BCUT2D eigenvalue weighted by atomic mass is 9.95. The molecular formula is C24H26F2N6O2. The number of nitrogens with zero attached hydrogens (tertiary/aromatic N) is 2. The number of benzene rings is 2. The molecule has 1 aromatic heterocycles. The Bertz CT molecular complexity index is 1230. The quantitative estimate of drug-likeness (QED) is 0.424. The number of nitrogens with two attached hydrogens (primary N) is 1. The number of aromatic nitrogens is 2. The highest BCUT2D eigenvalue weighted by Crippen LogP contribution is 2.24. The van der Waals surface area contributed by atoms with Gasteiger partial charge in [0.25, 0.3) is 0 Å². The van der Waals surface area contributed by atoms with Gasteiger partial charge in [-0.1, -0.05) is 19.4 Å². The first-order valence-corrected chi connectivity index (χ1v) is 11.1. The minimum Gasteiger partial charge on any atom is -0.368 e. The van der Waals surface area contributed by atoms with Gasteiger partial charge in [-0.2, -0.15) is 5.10 Å². The highest BCUT2D eigenvalue weighted by Gasteiger charge is 2.23. The third-order valence-corrected chi connectivity index (χ3v) is 5.71. The summed E-state index contributed by atoms with van der Waals surface area (Å²) in [7, 11) is 0. The molecule has 1 aliphatic rings. The smallest absolute Gasteiger partial charge is 0.324 e. The first-order chi connectivity index (χ1) is 16.3. The summed E-state index contributed by atoms with van der Waals surface area (Å²) in [6.45, 7) is 2.56. The monoisotopic (exact) mass is 468 g/mol. The molecule has 2 aromatic carbocycles. The summed E-state index contributed by atoms with van der Waals surface area (Å²) < 4.78 is 28.7. The number of hydrogen-bond donors (Lipinski definition) is 4. The van der Waals surface area contributed by atoms with Gasteiger partial charge in [0, 0.05) is 18.7 Å². The fraction of sp³-hybridized carbons (Fsp3) is 0.292. The van der Waals surface area contributed by atoms with Crippen molar-refractivity contribution in [1.29, 1.82) is 0 Å². The van der Waals surface area contributed by atoms with E-state index in [1.807, 2.05) is 18.2 Å². The number of hydrogen-bond acceptors (Lipinski definition) is 4. The number of carbonyl (C=O) groups is 2. The fourth-order valence-electron chi connectivity index (χ4n) is 3.89. The van der Waals surface area contributed by atoms with Gasteiger partial charge in [-0.15, -0.1) is 0 Å². The SMILES string of the molecule is CCCCc1cc(NC(=O)Nc2ccc(F)cc2F)n(-c2ccc3c(c2)CNC(C(N)=O)C3)n1. The number of amides is 3. The molecule has 0 spiro atoms. The number of urea groups is 1. The average molecular weight is 469 g/mol. The summed E-state index contributed by atoms with van der Waals surface area (Å²) in [6, 6.07) is 9.34. The molecule has 0 bridgehead atoms. The molecule has 178 valence electrons. The van der Waals surface area contributed by atoms with E-state index in [2.05, 4.69) is 28.0 Å². The summed E-state index contributed by atoms with van der Waals surface area (Å²) in [5.41, 5.74) is 8.83. The minimum atomic E-state index is -0.872. The summed E-state index contributed by atoms with van der Waals surface area (Å²) in [5, 5.41) is 12.9. The van der Waals surface area contributed by atoms with E-state index in [-0.39, 0.29) is 5.69 Å². The zero-order valence-electron chi connectivity index (χ0n) is 18.7. The van der Waals surface area contributed by atoms with Gasteiger partial charge in [-0.3, -0.25) is 10.1 Å². The second-order valence-corrected chi connectivity index (χ2v) is 8.23. The van der Waals surface area contributed by atoms with Gasteiger partial charge in [-0.05, 0) is 54.7 Å². The Morgan fingerprint density at radius 1 is 1.15 bits per heavy atom. The van der Waals surface area contributed by atoms with E-state index in [1.54, 1.807) is 10.7 Å². The van der Waals surface area contributed by atoms with Crippen molar-refractivity contribution in [3.63, 3.8) is 0 Å². The Labute approximate surface area is 195 Å². The highest BCUT2D eigenvalue weighted by molar-refractivity contribution is 5.99. The predicted octanol–water partition coefficient (Wildman–Crippen LogP) is 3.64. The Hall–Kier alpha value is -3.79. The van der Waals surface area contributed by atoms with Crippen LogP contribution in [0.15, 0.2) is 42.5 Å². The Morgan fingerprint density at radius 2 is 1.97 bits per heavy atom. The van der Waals surface area contributed by atoms with Gasteiger partial charge in [0.05, 0.1) is 23.1 Å². The van der Waals surface area contributed by atoms with E-state index in [0.717, 1.165) is 53.9 Å². The molecule has 2 heterocycles. The molecule has 0 saturated carbocycles. The molecule has 10 heteroatoms. The number of aryl methyl sites for hydroxylation is 1. The molecule has 0 saturated heterocycles. The van der Waals surface area contributed by atoms with E-state index in [1.165, 1.54) is 0 Å². The third kappa shape index (κ3) is 5.23. The molecule has 0 radical (unpaired) electrons. The van der Waals surface area contributed by atoms with E-state index in [9.17, 15) is 18.4 Å². The molecule has 0 aliphatic carbocycles. The molecule has 3 aromatic rings. The molecule has 1 unspecified atom stereocenters. The molecule has 4 rings (SSSR count). The lowest BCUT2D eigenvalue weighted by molar-refractivity contribution is -0.120. The number of carbonyl (C=O) groups excluding carboxylic acids is 2. The normalized spacial score (nSPS) is 15.0. The maximum absolute atomic E-state index is 13.9. The number of nitrogens with one attached hydrogen (secondary N) is 3. The minimum absolute atomic E-state index is 0.139. The van der Waals surface area contributed by atoms with E-state index < -0.39 is 29.6 Å². The van der Waals surface area contributed by atoms with E-state index in [0.29, 0.717) is 24.8 Å². The van der Waals surface area contributed by atoms with Gasteiger partial charge >= 0.3 is 6.03 Å². The lowest BCUT2D eigenvalue weighted by Gasteiger charge is -2.24. The maximum Gasteiger partial charge on any atom is 0.324 e. The molecular weight excluding hydrogens is 442 g/mol. The molecule has 34 heavy (non-hydrogen) atoms. The second kappa shape index (κ2) is 10.0. The largest absolute Gasteiger partial charge is 0.368 e. The van der Waals surface area contributed by atoms with Gasteiger partial charge in [-0.25, -0.2) is 18.3 Å². The zero-order chi connectivity index (χ0) is 24.2. The lowest BCUT2D eigenvalue weighted by Crippen LogP contribution is -2.45. The number of primary amides is 1. The van der Waals surface area contributed by atoms with Crippen LogP contribution >= 0.6 is 0 Å². The second-order valence-electron chi connectivity index (χ2n) is 8.23. The predicted molar refractivity (Wildman–Crippen MR) is 125 cm³/mol. The zero-order valence-corrected chi connectivity index (χ0v) is 18.7. The summed E-state index contributed by atoms with van der Waals surface area (Å²) >= 11 is 0. The Balaban J connectivity index is 1.59. The maximum atomic E-state index is 13.9. The van der Waals surface area contributed by atoms with Crippen molar-refractivity contribution in [3.8, 4) is 5.69 Å². The van der Waals surface area contributed by atoms with Crippen LogP contribution in [0, 0.1) is 11.6 Å². The van der Waals surface area contributed by atoms with Gasteiger partial charge in [0.2, 0.25) is 5.91 Å². The first-order valence-electron chi connectivity index (χ1n) is 11.1. The van der Waals surface area contributed by atoms with Crippen molar-refractivity contribution in [2.24, 2.45) is 5.73 Å². The van der Waals surface area contributed by atoms with Crippen LogP contribution in [-0.4, -0.2) is 27.8 Å². The summed E-state index contributed by atoms with van der Waals surface area (Å²) in [5.74, 6) is -1.59. The van der Waals surface area contributed by atoms with Gasteiger partial charge < -0.3 is 16.4 Å². The molecule has 8 nitrogen and oxygen atoms in total. The Kier molecular flexibility index (Phi) is 6.87. The van der Waals surface area contributed by atoms with Crippen LogP contribution in [0.3, 0.4) is 0 Å². The summed E-state index contributed by atoms with van der Waals surface area (Å²) in [6.07, 6.45) is 3.17. The third-order valence-electron chi connectivity index (χ3n) is 5.71. The van der Waals surface area contributed by atoms with Crippen LogP contribution in [-0.2, 0) is 24.2 Å². The first kappa shape index (κ1) is 23.4. The standard InChI is InChI=1S/C24H26F2N6O2/c1-2-3-4-17-12-22(30-24(34)29-20-8-6-16(25)11-19(20)26)32(31-17)18-7-5-14-10-21(23(27)33)28-13-15(14)9-18/h5-9,11-12,21,28H,2-4,10,13H2,1H3,(H2,27,33)(H2,29,30,34). The summed E-state index contributed by atoms with van der Waals surface area (Å²) in [4.78, 5) is 24.1. The number of anilines is 2. The van der Waals surface area contributed by atoms with E-state index in [4.69, 9.17) is 5.73 Å². The number of unbranched alkanes of at least 4 members (excludes halogenated alkanes) is 1. The van der Waals surface area contributed by atoms with Crippen molar-refractivity contribution in [2.45, 2.75) is 45.2 Å². The van der Waals surface area contributed by atoms with E-state index >= 15 is 0 Å². The van der Waals surface area contributed by atoms with Crippen molar-refractivity contribution in [1.82, 2.24) is 15.1 Å². The number of rotatable bonds is 7. The number of halogens is 2. The van der Waals surface area contributed by atoms with Gasteiger partial charge in [0.1, 0.15) is 17.5 Å². The highest BCUT2D eigenvalue weighted by atomic mass is 19.1. The van der Waals surface area contributed by atoms with Gasteiger partial charge in [0.15, 0.2) is 0 Å².